The van der Waals surface area contributed by atoms with Crippen LogP contribution >= 0.6 is 23.2 Å². The van der Waals surface area contributed by atoms with Crippen molar-refractivity contribution in [1.29, 1.82) is 0 Å². The lowest BCUT2D eigenvalue weighted by atomic mass is 9.98. The van der Waals surface area contributed by atoms with Crippen LogP contribution < -0.4 is 10.4 Å². The molecular weight excluding hydrogens is 491 g/mol. The molecule has 5 rings (SSSR count). The van der Waals surface area contributed by atoms with Crippen LogP contribution in [0.4, 0.5) is 5.69 Å². The Hall–Kier alpha value is -3.93. The molecule has 1 N–H and O–H groups in total. The van der Waals surface area contributed by atoms with Crippen LogP contribution in [-0.4, -0.2) is 17.8 Å². The number of anilines is 1. The zero-order valence-electron chi connectivity index (χ0n) is 19.2. The molecule has 4 aromatic carbocycles. The molecule has 5 nitrogen and oxygen atoms in total. The van der Waals surface area contributed by atoms with Gasteiger partial charge >= 0.3 is 0 Å². The van der Waals surface area contributed by atoms with Crippen LogP contribution in [-0.2, 0) is 0 Å². The molecule has 4 aromatic rings. The van der Waals surface area contributed by atoms with Crippen molar-refractivity contribution in [3.63, 3.8) is 0 Å². The lowest BCUT2D eigenvalue weighted by molar-refractivity contribution is 0.0955. The summed E-state index contributed by atoms with van der Waals surface area (Å²) in [4.78, 5) is 12.3. The number of hydrogen-bond acceptors (Lipinski definition) is 4. The van der Waals surface area contributed by atoms with E-state index in [1.165, 1.54) is 11.6 Å². The van der Waals surface area contributed by atoms with Gasteiger partial charge in [0.2, 0.25) is 0 Å². The van der Waals surface area contributed by atoms with Crippen LogP contribution in [0.3, 0.4) is 0 Å². The maximum atomic E-state index is 12.3. The highest BCUT2D eigenvalue weighted by Gasteiger charge is 2.29. The van der Waals surface area contributed by atoms with Gasteiger partial charge in [-0.2, -0.15) is 10.2 Å². The summed E-state index contributed by atoms with van der Waals surface area (Å²) < 4.78 is 0. The molecule has 0 aromatic heterocycles. The minimum absolute atomic E-state index is 0.101. The summed E-state index contributed by atoms with van der Waals surface area (Å²) in [5.41, 5.74) is 8.01. The van der Waals surface area contributed by atoms with Gasteiger partial charge in [-0.3, -0.25) is 9.80 Å². The third-order valence-electron chi connectivity index (χ3n) is 5.91. The van der Waals surface area contributed by atoms with E-state index >= 15 is 0 Å². The molecule has 0 unspecified atom stereocenters. The van der Waals surface area contributed by atoms with E-state index in [0.717, 1.165) is 28.9 Å². The summed E-state index contributed by atoms with van der Waals surface area (Å²) in [6, 6.07) is 33.4. The topological polar surface area (TPSA) is 57.1 Å². The van der Waals surface area contributed by atoms with Gasteiger partial charge in [-0.05, 0) is 47.0 Å². The zero-order chi connectivity index (χ0) is 24.9. The molecule has 1 atom stereocenters. The molecule has 7 heteroatoms. The Kier molecular flexibility index (Phi) is 7.12. The van der Waals surface area contributed by atoms with E-state index < -0.39 is 5.91 Å². The van der Waals surface area contributed by atoms with Crippen LogP contribution in [0.2, 0.25) is 10.0 Å². The van der Waals surface area contributed by atoms with E-state index in [4.69, 9.17) is 28.3 Å². The fourth-order valence-electron chi connectivity index (χ4n) is 4.10. The molecular formula is C29H22Cl2N4O. The monoisotopic (exact) mass is 512 g/mol. The smallest absolute Gasteiger partial charge is 0.267 e. The molecule has 1 heterocycles. The molecule has 0 bridgehead atoms. The van der Waals surface area contributed by atoms with Crippen LogP contribution in [0.25, 0.3) is 0 Å². The lowest BCUT2D eigenvalue weighted by Crippen LogP contribution is -2.18. The van der Waals surface area contributed by atoms with Crippen LogP contribution in [0.5, 0.6) is 0 Å². The maximum Gasteiger partial charge on any atom is 0.272 e. The Bertz CT molecular complexity index is 1420. The highest BCUT2D eigenvalue weighted by atomic mass is 35.5. The number of hydrogen-bond donors (Lipinski definition) is 1. The van der Waals surface area contributed by atoms with Crippen molar-refractivity contribution >= 4 is 46.7 Å². The molecule has 1 aliphatic rings. The normalized spacial score (nSPS) is 15.2. The van der Waals surface area contributed by atoms with Crippen LogP contribution in [0.15, 0.2) is 113 Å². The van der Waals surface area contributed by atoms with Gasteiger partial charge in [0.1, 0.15) is 0 Å². The molecule has 178 valence electrons. The quantitative estimate of drug-likeness (QED) is 0.221. The fourth-order valence-corrected chi connectivity index (χ4v) is 4.59. The second-order valence-electron chi connectivity index (χ2n) is 8.30. The van der Waals surface area contributed by atoms with Crippen LogP contribution in [0, 0.1) is 0 Å². The van der Waals surface area contributed by atoms with E-state index in [1.54, 1.807) is 18.3 Å². The number of nitrogens with zero attached hydrogens (tertiary/aromatic N) is 3. The van der Waals surface area contributed by atoms with E-state index in [1.807, 2.05) is 48.5 Å². The minimum atomic E-state index is -0.407. The highest BCUT2D eigenvalue weighted by Crippen LogP contribution is 2.36. The number of rotatable bonds is 6. The number of hydrazone groups is 2. The van der Waals surface area contributed by atoms with E-state index in [2.05, 4.69) is 51.9 Å². The summed E-state index contributed by atoms with van der Waals surface area (Å²) >= 11 is 12.0. The summed E-state index contributed by atoms with van der Waals surface area (Å²) in [7, 11) is 0. The van der Waals surface area contributed by atoms with Crippen molar-refractivity contribution in [3.05, 3.63) is 135 Å². The second kappa shape index (κ2) is 10.8. The van der Waals surface area contributed by atoms with E-state index in [0.29, 0.717) is 10.6 Å². The largest absolute Gasteiger partial charge is 0.272 e. The maximum absolute atomic E-state index is 12.3. The van der Waals surface area contributed by atoms with Gasteiger partial charge < -0.3 is 0 Å². The van der Waals surface area contributed by atoms with Gasteiger partial charge in [0.25, 0.3) is 5.91 Å². The predicted molar refractivity (Wildman–Crippen MR) is 147 cm³/mol. The fraction of sp³-hybridized carbons (Fsp3) is 0.0690. The van der Waals surface area contributed by atoms with Gasteiger partial charge in [0.05, 0.1) is 34.2 Å². The van der Waals surface area contributed by atoms with Crippen molar-refractivity contribution in [2.24, 2.45) is 10.2 Å². The number of amides is 1. The number of carbonyl (C=O) groups excluding carboxylic acids is 1. The molecule has 1 aliphatic heterocycles. The molecule has 0 radical (unpaired) electrons. The Morgan fingerprint density at radius 2 is 1.61 bits per heavy atom. The van der Waals surface area contributed by atoms with Gasteiger partial charge in [0.15, 0.2) is 0 Å². The number of benzene rings is 4. The van der Waals surface area contributed by atoms with Gasteiger partial charge in [-0.1, -0.05) is 96.0 Å². The molecule has 1 amide bonds. The van der Waals surface area contributed by atoms with Crippen molar-refractivity contribution < 1.29 is 4.79 Å². The van der Waals surface area contributed by atoms with Crippen molar-refractivity contribution in [2.45, 2.75) is 12.5 Å². The number of nitrogens with one attached hydrogen (secondary N) is 1. The molecule has 0 aliphatic carbocycles. The SMILES string of the molecule is O=C(N/N=C\c1ccc(N2N=C(c3ccccc3)C[C@@H]2c2ccccc2)cc1)c1ccc(Cl)cc1Cl. The first-order chi connectivity index (χ1) is 17.6. The average molecular weight is 513 g/mol. The summed E-state index contributed by atoms with van der Waals surface area (Å²) in [6.07, 6.45) is 2.40. The summed E-state index contributed by atoms with van der Waals surface area (Å²) in [5.74, 6) is -0.407. The predicted octanol–water partition coefficient (Wildman–Crippen LogP) is 7.11. The molecule has 36 heavy (non-hydrogen) atoms. The van der Waals surface area contributed by atoms with Crippen LogP contribution in [0.1, 0.15) is 39.5 Å². The Morgan fingerprint density at radius 1 is 0.917 bits per heavy atom. The lowest BCUT2D eigenvalue weighted by Gasteiger charge is -2.24. The third-order valence-corrected chi connectivity index (χ3v) is 6.46. The molecule has 0 spiro atoms. The number of carbonyl (C=O) groups is 1. The minimum Gasteiger partial charge on any atom is -0.267 e. The Labute approximate surface area is 219 Å². The average Bonchev–Trinajstić information content (AvgIpc) is 3.36. The third kappa shape index (κ3) is 5.33. The van der Waals surface area contributed by atoms with Gasteiger partial charge in [-0.15, -0.1) is 0 Å². The zero-order valence-corrected chi connectivity index (χ0v) is 20.7. The number of halogens is 2. The standard InChI is InChI=1S/C29H22Cl2N4O/c30-23-13-16-25(26(31)17-23)29(36)33-32-19-20-11-14-24(15-12-20)35-28(22-9-5-2-6-10-22)18-27(34-35)21-7-3-1-4-8-21/h1-17,19,28H,18H2,(H,33,36)/b32-19-/t28-/m1/s1. The molecule has 0 saturated heterocycles. The summed E-state index contributed by atoms with van der Waals surface area (Å²) in [5, 5.41) is 11.9. The van der Waals surface area contributed by atoms with Crippen molar-refractivity contribution in [2.75, 3.05) is 5.01 Å². The second-order valence-corrected chi connectivity index (χ2v) is 9.15. The summed E-state index contributed by atoms with van der Waals surface area (Å²) in [6.45, 7) is 0. The Balaban J connectivity index is 1.33. The van der Waals surface area contributed by atoms with Gasteiger partial charge in [-0.25, -0.2) is 5.43 Å². The first-order valence-electron chi connectivity index (χ1n) is 11.4. The first kappa shape index (κ1) is 23.8. The molecule has 0 fully saturated rings. The first-order valence-corrected chi connectivity index (χ1v) is 12.2. The Morgan fingerprint density at radius 3 is 2.31 bits per heavy atom. The highest BCUT2D eigenvalue weighted by molar-refractivity contribution is 6.36. The van der Waals surface area contributed by atoms with Gasteiger partial charge in [0, 0.05) is 11.4 Å². The van der Waals surface area contributed by atoms with Crippen molar-refractivity contribution in [3.8, 4) is 0 Å². The molecule has 0 saturated carbocycles. The van der Waals surface area contributed by atoms with Crippen molar-refractivity contribution in [1.82, 2.24) is 5.43 Å². The van der Waals surface area contributed by atoms with E-state index in [-0.39, 0.29) is 11.1 Å². The van der Waals surface area contributed by atoms with E-state index in [9.17, 15) is 4.79 Å².